The molecule has 7 heteroatoms. The van der Waals surface area contributed by atoms with Crippen LogP contribution in [0.15, 0.2) is 41.2 Å². The second-order valence-corrected chi connectivity index (χ2v) is 11.1. The van der Waals surface area contributed by atoms with E-state index in [1.54, 1.807) is 10.6 Å². The Morgan fingerprint density at radius 3 is 2.54 bits per heavy atom. The van der Waals surface area contributed by atoms with Gasteiger partial charge in [0.2, 0.25) is 5.95 Å². The van der Waals surface area contributed by atoms with Gasteiger partial charge in [-0.25, -0.2) is 9.78 Å². The van der Waals surface area contributed by atoms with Gasteiger partial charge in [0.05, 0.1) is 22.5 Å². The van der Waals surface area contributed by atoms with Crippen molar-refractivity contribution in [3.8, 4) is 0 Å². The molecule has 184 valence electrons. The number of anilines is 2. The smallest absolute Gasteiger partial charge is 0.340 e. The highest BCUT2D eigenvalue weighted by atomic mass is 16.6. The number of nitrogens with zero attached hydrogens (tertiary/aromatic N) is 3. The van der Waals surface area contributed by atoms with E-state index < -0.39 is 5.60 Å². The number of piperidine rings is 1. The molecule has 0 spiro atoms. The first-order valence-electron chi connectivity index (χ1n) is 12.4. The predicted octanol–water partition coefficient (Wildman–Crippen LogP) is 4.83. The Hall–Kier alpha value is -3.35. The zero-order valence-corrected chi connectivity index (χ0v) is 21.4. The molecule has 3 aromatic rings. The van der Waals surface area contributed by atoms with Crippen LogP contribution < -0.4 is 15.8 Å². The van der Waals surface area contributed by atoms with Gasteiger partial charge < -0.3 is 15.0 Å². The van der Waals surface area contributed by atoms with Crippen LogP contribution in [-0.4, -0.2) is 34.2 Å². The zero-order valence-electron chi connectivity index (χ0n) is 21.4. The molecule has 1 aliphatic heterocycles. The van der Waals surface area contributed by atoms with Crippen LogP contribution in [-0.2, 0) is 11.8 Å². The summed E-state index contributed by atoms with van der Waals surface area (Å²) in [5.41, 5.74) is 3.19. The van der Waals surface area contributed by atoms with Crippen molar-refractivity contribution < 1.29 is 9.53 Å². The fourth-order valence-corrected chi connectivity index (χ4v) is 5.15. The first kappa shape index (κ1) is 23.4. The van der Waals surface area contributed by atoms with E-state index in [0.29, 0.717) is 22.2 Å². The summed E-state index contributed by atoms with van der Waals surface area (Å²) in [6.07, 6.45) is 1.29. The van der Waals surface area contributed by atoms with E-state index >= 15 is 0 Å². The first-order valence-corrected chi connectivity index (χ1v) is 12.4. The highest BCUT2D eigenvalue weighted by Gasteiger charge is 2.46. The maximum atomic E-state index is 13.4. The van der Waals surface area contributed by atoms with Gasteiger partial charge in [0.1, 0.15) is 5.60 Å². The Kier molecular flexibility index (Phi) is 5.61. The molecule has 2 fully saturated rings. The lowest BCUT2D eigenvalue weighted by Crippen LogP contribution is -2.31. The second kappa shape index (κ2) is 8.40. The topological polar surface area (TPSA) is 76.5 Å². The Morgan fingerprint density at radius 2 is 1.86 bits per heavy atom. The third kappa shape index (κ3) is 4.51. The first-order chi connectivity index (χ1) is 16.5. The van der Waals surface area contributed by atoms with Gasteiger partial charge in [0.25, 0.3) is 5.56 Å². The van der Waals surface area contributed by atoms with Crippen LogP contribution >= 0.6 is 0 Å². The van der Waals surface area contributed by atoms with Crippen LogP contribution in [0.4, 0.5) is 11.6 Å². The molecule has 2 heterocycles. The van der Waals surface area contributed by atoms with Crippen LogP contribution in [0.5, 0.6) is 0 Å². The van der Waals surface area contributed by atoms with Crippen LogP contribution in [0, 0.1) is 18.8 Å². The van der Waals surface area contributed by atoms with Gasteiger partial charge in [0.15, 0.2) is 0 Å². The summed E-state index contributed by atoms with van der Waals surface area (Å²) in [5, 5.41) is 4.10. The number of hydrogen-bond donors (Lipinski definition) is 1. The molecule has 3 atom stereocenters. The summed E-state index contributed by atoms with van der Waals surface area (Å²) in [6, 6.07) is 11.2. The van der Waals surface area contributed by atoms with Gasteiger partial charge in [-0.2, -0.15) is 0 Å². The lowest BCUT2D eigenvalue weighted by molar-refractivity contribution is 0.00706. The van der Waals surface area contributed by atoms with Crippen LogP contribution in [0.1, 0.15) is 61.6 Å². The highest BCUT2D eigenvalue weighted by molar-refractivity contribution is 5.96. The molecule has 1 saturated heterocycles. The average Bonchev–Trinajstić information content (AvgIpc) is 3.40. The average molecular weight is 475 g/mol. The van der Waals surface area contributed by atoms with E-state index in [-0.39, 0.29) is 17.6 Å². The number of aromatic nitrogens is 2. The van der Waals surface area contributed by atoms with Crippen molar-refractivity contribution in [3.05, 3.63) is 63.4 Å². The fraction of sp³-hybridized carbons (Fsp3) is 0.464. The van der Waals surface area contributed by atoms with E-state index in [9.17, 15) is 9.59 Å². The minimum Gasteiger partial charge on any atom is -0.456 e. The molecule has 0 bridgehead atoms. The van der Waals surface area contributed by atoms with Crippen LogP contribution in [0.25, 0.3) is 10.9 Å². The minimum atomic E-state index is -0.584. The Bertz CT molecular complexity index is 1360. The number of carbonyl (C=O) groups excluding carboxylic acids is 1. The van der Waals surface area contributed by atoms with Crippen molar-refractivity contribution >= 4 is 28.5 Å². The number of esters is 1. The van der Waals surface area contributed by atoms with E-state index in [0.717, 1.165) is 42.0 Å². The van der Waals surface area contributed by atoms with Crippen molar-refractivity contribution in [2.24, 2.45) is 18.9 Å². The van der Waals surface area contributed by atoms with Crippen LogP contribution in [0.3, 0.4) is 0 Å². The fourth-order valence-electron chi connectivity index (χ4n) is 5.15. The summed E-state index contributed by atoms with van der Waals surface area (Å²) < 4.78 is 7.30. The summed E-state index contributed by atoms with van der Waals surface area (Å²) in [7, 11) is 1.81. The standard InChI is InChI=1S/C28H34N4O3/c1-16-11-21(17(2)29-23-10-8-7-9-20(23)26(34)35-28(3,4)5)24-22(12-16)25(33)31(6)27(30-24)32-14-18-13-19(18)15-32/h7-12,17-19,29H,13-15H2,1-6H3/t17?,18-,19?/m1/s1. The molecule has 35 heavy (non-hydrogen) atoms. The Morgan fingerprint density at radius 1 is 1.17 bits per heavy atom. The number of carbonyl (C=O) groups is 1. The minimum absolute atomic E-state index is 0.0307. The quantitative estimate of drug-likeness (QED) is 0.534. The van der Waals surface area contributed by atoms with Crippen molar-refractivity contribution in [1.82, 2.24) is 9.55 Å². The van der Waals surface area contributed by atoms with E-state index in [1.807, 2.05) is 65.9 Å². The molecule has 2 unspecified atom stereocenters. The molecule has 5 rings (SSSR count). The van der Waals surface area contributed by atoms with Gasteiger partial charge in [0, 0.05) is 31.4 Å². The zero-order chi connectivity index (χ0) is 25.1. The molecule has 0 radical (unpaired) electrons. The van der Waals surface area contributed by atoms with Crippen molar-refractivity contribution in [3.63, 3.8) is 0 Å². The van der Waals surface area contributed by atoms with Gasteiger partial charge in [-0.1, -0.05) is 18.2 Å². The van der Waals surface area contributed by atoms with Crippen LogP contribution in [0.2, 0.25) is 0 Å². The molecular formula is C28H34N4O3. The summed E-state index contributed by atoms with van der Waals surface area (Å²) in [5.74, 6) is 1.85. The molecule has 2 aromatic carbocycles. The predicted molar refractivity (Wildman–Crippen MR) is 139 cm³/mol. The number of fused-ring (bicyclic) bond motifs is 2. The molecule has 1 saturated carbocycles. The lowest BCUT2D eigenvalue weighted by Gasteiger charge is -2.24. The number of hydrogen-bond acceptors (Lipinski definition) is 6. The summed E-state index contributed by atoms with van der Waals surface area (Å²) >= 11 is 0. The molecule has 2 aliphatic rings. The van der Waals surface area contributed by atoms with Crippen molar-refractivity contribution in [1.29, 1.82) is 0 Å². The summed E-state index contributed by atoms with van der Waals surface area (Å²) in [6.45, 7) is 11.5. The molecule has 0 amide bonds. The van der Waals surface area contributed by atoms with E-state index in [4.69, 9.17) is 9.72 Å². The van der Waals surface area contributed by atoms with E-state index in [1.165, 1.54) is 6.42 Å². The molecule has 1 aromatic heterocycles. The number of aryl methyl sites for hydroxylation is 1. The maximum Gasteiger partial charge on any atom is 0.340 e. The third-order valence-corrected chi connectivity index (χ3v) is 6.98. The van der Waals surface area contributed by atoms with Crippen molar-refractivity contribution in [2.75, 3.05) is 23.3 Å². The van der Waals surface area contributed by atoms with Gasteiger partial charge in [-0.15, -0.1) is 0 Å². The molecular weight excluding hydrogens is 440 g/mol. The second-order valence-electron chi connectivity index (χ2n) is 11.1. The number of nitrogens with one attached hydrogen (secondary N) is 1. The Balaban J connectivity index is 1.53. The highest BCUT2D eigenvalue weighted by Crippen LogP contribution is 2.46. The monoisotopic (exact) mass is 474 g/mol. The number of para-hydroxylation sites is 1. The molecule has 1 aliphatic carbocycles. The third-order valence-electron chi connectivity index (χ3n) is 6.98. The van der Waals surface area contributed by atoms with Gasteiger partial charge in [-0.05, 0) is 76.6 Å². The van der Waals surface area contributed by atoms with Gasteiger partial charge in [-0.3, -0.25) is 9.36 Å². The molecule has 1 N–H and O–H groups in total. The van der Waals surface area contributed by atoms with E-state index in [2.05, 4.69) is 16.3 Å². The molecule has 7 nitrogen and oxygen atoms in total. The van der Waals surface area contributed by atoms with Gasteiger partial charge >= 0.3 is 5.97 Å². The SMILES string of the molecule is Cc1cc(C(C)Nc2ccccc2C(=O)OC(C)(C)C)c2nc(N3CC4C[C@@H]4C3)n(C)c(=O)c2c1. The maximum absolute atomic E-state index is 13.4. The van der Waals surface area contributed by atoms with Crippen molar-refractivity contribution in [2.45, 2.75) is 52.7 Å². The number of rotatable bonds is 5. The Labute approximate surface area is 206 Å². The largest absolute Gasteiger partial charge is 0.456 e. The lowest BCUT2D eigenvalue weighted by atomic mass is 10.0. The summed E-state index contributed by atoms with van der Waals surface area (Å²) in [4.78, 5) is 33.5. The number of ether oxygens (including phenoxy) is 1. The number of benzene rings is 2. The normalized spacial score (nSPS) is 20.0.